The molecule has 1 aliphatic carbocycles. The Morgan fingerprint density at radius 2 is 2.00 bits per heavy atom. The molecule has 2 atom stereocenters. The SMILES string of the molecule is Cn1cc(C#N)cc1C(=O)N1CCCCC[C@H]1[C@H]1CCCCC1=O. The van der Waals surface area contributed by atoms with Crippen LogP contribution < -0.4 is 0 Å². The first-order chi connectivity index (χ1) is 11.6. The van der Waals surface area contributed by atoms with Crippen LogP contribution in [0.2, 0.25) is 0 Å². The van der Waals surface area contributed by atoms with Crippen molar-refractivity contribution in [2.75, 3.05) is 6.54 Å². The third-order valence-electron chi connectivity index (χ3n) is 5.48. The van der Waals surface area contributed by atoms with Crippen LogP contribution in [0, 0.1) is 17.2 Å². The number of likely N-dealkylation sites (tertiary alicyclic amines) is 1. The molecule has 1 aliphatic heterocycles. The molecule has 0 N–H and O–H groups in total. The summed E-state index contributed by atoms with van der Waals surface area (Å²) < 4.78 is 1.73. The number of carbonyl (C=O) groups excluding carboxylic acids is 2. The number of hydrogen-bond acceptors (Lipinski definition) is 3. The zero-order valence-electron chi connectivity index (χ0n) is 14.3. The minimum atomic E-state index is -0.0377. The third kappa shape index (κ3) is 3.24. The van der Waals surface area contributed by atoms with E-state index in [0.717, 1.165) is 44.9 Å². The first-order valence-corrected chi connectivity index (χ1v) is 9.02. The Morgan fingerprint density at radius 3 is 2.71 bits per heavy atom. The van der Waals surface area contributed by atoms with Gasteiger partial charge in [-0.05, 0) is 31.7 Å². The topological polar surface area (TPSA) is 66.1 Å². The largest absolute Gasteiger partial charge is 0.345 e. The van der Waals surface area contributed by atoms with Gasteiger partial charge < -0.3 is 9.47 Å². The number of Topliss-reactive ketones (excluding diaryl/α,β-unsaturated/α-hetero) is 1. The highest BCUT2D eigenvalue weighted by molar-refractivity contribution is 5.94. The number of aromatic nitrogens is 1. The van der Waals surface area contributed by atoms with E-state index in [1.54, 1.807) is 23.9 Å². The van der Waals surface area contributed by atoms with Gasteiger partial charge in [0.25, 0.3) is 5.91 Å². The molecular formula is C19H25N3O2. The Hall–Kier alpha value is -2.09. The Morgan fingerprint density at radius 1 is 1.21 bits per heavy atom. The molecule has 5 heteroatoms. The molecule has 24 heavy (non-hydrogen) atoms. The van der Waals surface area contributed by atoms with E-state index in [9.17, 15) is 9.59 Å². The van der Waals surface area contributed by atoms with Gasteiger partial charge in [-0.3, -0.25) is 9.59 Å². The summed E-state index contributed by atoms with van der Waals surface area (Å²) in [5.74, 6) is 0.288. The monoisotopic (exact) mass is 327 g/mol. The molecule has 1 aromatic rings. The quantitative estimate of drug-likeness (QED) is 0.838. The van der Waals surface area contributed by atoms with Crippen molar-refractivity contribution in [3.63, 3.8) is 0 Å². The number of nitrogens with zero attached hydrogens (tertiary/aromatic N) is 3. The Labute approximate surface area is 143 Å². The number of nitriles is 1. The lowest BCUT2D eigenvalue weighted by atomic mass is 9.80. The van der Waals surface area contributed by atoms with Crippen molar-refractivity contribution in [2.45, 2.75) is 57.4 Å². The molecule has 3 rings (SSSR count). The van der Waals surface area contributed by atoms with E-state index >= 15 is 0 Å². The van der Waals surface area contributed by atoms with Crippen LogP contribution in [0.25, 0.3) is 0 Å². The molecule has 0 bridgehead atoms. The molecule has 0 aromatic carbocycles. The molecule has 1 aromatic heterocycles. The van der Waals surface area contributed by atoms with Gasteiger partial charge in [0.05, 0.1) is 5.56 Å². The maximum Gasteiger partial charge on any atom is 0.270 e. The summed E-state index contributed by atoms with van der Waals surface area (Å²) in [6, 6.07) is 3.78. The number of rotatable bonds is 2. The second-order valence-electron chi connectivity index (χ2n) is 7.07. The minimum Gasteiger partial charge on any atom is -0.345 e. The zero-order valence-corrected chi connectivity index (χ0v) is 14.3. The summed E-state index contributed by atoms with van der Waals surface area (Å²) in [5, 5.41) is 9.07. The second-order valence-corrected chi connectivity index (χ2v) is 7.07. The maximum absolute atomic E-state index is 13.1. The van der Waals surface area contributed by atoms with Crippen LogP contribution in [0.15, 0.2) is 12.3 Å². The lowest BCUT2D eigenvalue weighted by Gasteiger charge is -2.37. The molecular weight excluding hydrogens is 302 g/mol. The number of amides is 1. The summed E-state index contributed by atoms with van der Waals surface area (Å²) in [5.41, 5.74) is 1.04. The highest BCUT2D eigenvalue weighted by Crippen LogP contribution is 2.32. The average molecular weight is 327 g/mol. The van der Waals surface area contributed by atoms with E-state index in [0.29, 0.717) is 30.0 Å². The van der Waals surface area contributed by atoms with Crippen LogP contribution in [0.1, 0.15) is 67.4 Å². The summed E-state index contributed by atoms with van der Waals surface area (Å²) in [6.07, 6.45) is 9.40. The number of aryl methyl sites for hydroxylation is 1. The molecule has 5 nitrogen and oxygen atoms in total. The Bertz CT molecular complexity index is 671. The first-order valence-electron chi connectivity index (χ1n) is 9.02. The predicted octanol–water partition coefficient (Wildman–Crippen LogP) is 3.04. The van der Waals surface area contributed by atoms with Crippen LogP contribution in [-0.4, -0.2) is 33.7 Å². The fourth-order valence-corrected chi connectivity index (χ4v) is 4.21. The lowest BCUT2D eigenvalue weighted by Crippen LogP contribution is -2.47. The van der Waals surface area contributed by atoms with Crippen molar-refractivity contribution in [1.29, 1.82) is 5.26 Å². The van der Waals surface area contributed by atoms with Crippen LogP contribution in [0.5, 0.6) is 0 Å². The van der Waals surface area contributed by atoms with Gasteiger partial charge in [0.15, 0.2) is 0 Å². The van der Waals surface area contributed by atoms with Crippen LogP contribution in [0.3, 0.4) is 0 Å². The van der Waals surface area contributed by atoms with Crippen molar-refractivity contribution in [3.05, 3.63) is 23.5 Å². The van der Waals surface area contributed by atoms with E-state index in [4.69, 9.17) is 5.26 Å². The van der Waals surface area contributed by atoms with E-state index < -0.39 is 0 Å². The van der Waals surface area contributed by atoms with Crippen molar-refractivity contribution in [2.24, 2.45) is 13.0 Å². The van der Waals surface area contributed by atoms with E-state index in [-0.39, 0.29) is 17.9 Å². The molecule has 0 unspecified atom stereocenters. The fraction of sp³-hybridized carbons (Fsp3) is 0.632. The minimum absolute atomic E-state index is 0.00324. The average Bonchev–Trinajstić information content (AvgIpc) is 2.80. The summed E-state index contributed by atoms with van der Waals surface area (Å²) in [4.78, 5) is 27.5. The van der Waals surface area contributed by atoms with Gasteiger partial charge in [-0.15, -0.1) is 0 Å². The number of hydrogen-bond donors (Lipinski definition) is 0. The molecule has 1 amide bonds. The lowest BCUT2D eigenvalue weighted by molar-refractivity contribution is -0.126. The molecule has 2 fully saturated rings. The molecule has 0 spiro atoms. The molecule has 0 radical (unpaired) electrons. The van der Waals surface area contributed by atoms with Gasteiger partial charge in [-0.2, -0.15) is 5.26 Å². The summed E-state index contributed by atoms with van der Waals surface area (Å²) in [7, 11) is 1.80. The first kappa shape index (κ1) is 16.8. The van der Waals surface area contributed by atoms with Gasteiger partial charge in [0, 0.05) is 38.2 Å². The smallest absolute Gasteiger partial charge is 0.270 e. The highest BCUT2D eigenvalue weighted by Gasteiger charge is 2.37. The van der Waals surface area contributed by atoms with Crippen LogP contribution in [-0.2, 0) is 11.8 Å². The molecule has 2 heterocycles. The van der Waals surface area contributed by atoms with Crippen molar-refractivity contribution >= 4 is 11.7 Å². The van der Waals surface area contributed by atoms with E-state index in [1.165, 1.54) is 0 Å². The van der Waals surface area contributed by atoms with Crippen molar-refractivity contribution < 1.29 is 9.59 Å². The van der Waals surface area contributed by atoms with Gasteiger partial charge >= 0.3 is 0 Å². The van der Waals surface area contributed by atoms with Crippen molar-refractivity contribution in [3.8, 4) is 6.07 Å². The highest BCUT2D eigenvalue weighted by atomic mass is 16.2. The fourth-order valence-electron chi connectivity index (χ4n) is 4.21. The van der Waals surface area contributed by atoms with Gasteiger partial charge in [-0.25, -0.2) is 0 Å². The molecule has 1 saturated heterocycles. The van der Waals surface area contributed by atoms with E-state index in [1.807, 2.05) is 4.90 Å². The second kappa shape index (κ2) is 7.21. The van der Waals surface area contributed by atoms with E-state index in [2.05, 4.69) is 6.07 Å². The number of carbonyl (C=O) groups is 2. The van der Waals surface area contributed by atoms with Gasteiger partial charge in [0.1, 0.15) is 17.5 Å². The standard InChI is InChI=1S/C19H25N3O2/c1-21-13-14(12-20)11-17(21)19(24)22-10-6-2-3-8-16(22)15-7-4-5-9-18(15)23/h11,13,15-16H,2-10H2,1H3/t15-,16+/m1/s1. The van der Waals surface area contributed by atoms with Gasteiger partial charge in [-0.1, -0.05) is 19.3 Å². The molecule has 128 valence electrons. The third-order valence-corrected chi connectivity index (χ3v) is 5.48. The predicted molar refractivity (Wildman–Crippen MR) is 90.4 cm³/mol. The summed E-state index contributed by atoms with van der Waals surface area (Å²) >= 11 is 0. The van der Waals surface area contributed by atoms with Crippen LogP contribution in [0.4, 0.5) is 0 Å². The normalized spacial score (nSPS) is 25.2. The van der Waals surface area contributed by atoms with Crippen molar-refractivity contribution in [1.82, 2.24) is 9.47 Å². The summed E-state index contributed by atoms with van der Waals surface area (Å²) in [6.45, 7) is 0.709. The molecule has 1 saturated carbocycles. The zero-order chi connectivity index (χ0) is 17.1. The molecule has 2 aliphatic rings. The van der Waals surface area contributed by atoms with Crippen LogP contribution >= 0.6 is 0 Å². The Kier molecular flexibility index (Phi) is 5.03. The van der Waals surface area contributed by atoms with Gasteiger partial charge in [0.2, 0.25) is 0 Å². The number of ketones is 1. The maximum atomic E-state index is 13.1. The Balaban J connectivity index is 1.89.